The Morgan fingerprint density at radius 2 is 1.61 bits per heavy atom. The summed E-state index contributed by atoms with van der Waals surface area (Å²) >= 11 is 0. The summed E-state index contributed by atoms with van der Waals surface area (Å²) in [5.74, 6) is 0.103. The Balaban J connectivity index is 2.18. The average Bonchev–Trinajstić information content (AvgIpc) is 2.28. The van der Waals surface area contributed by atoms with Crippen molar-refractivity contribution < 1.29 is 17.2 Å². The largest absolute Gasteiger partial charge is 0.446 e. The highest BCUT2D eigenvalue weighted by Gasteiger charge is 2.07. The predicted octanol–water partition coefficient (Wildman–Crippen LogP) is 2.46. The normalized spacial score (nSPS) is 11.2. The monoisotopic (exact) mass is 264 g/mol. The lowest BCUT2D eigenvalue weighted by Crippen LogP contribution is -2.06. The molecule has 0 atom stereocenters. The van der Waals surface area contributed by atoms with E-state index in [9.17, 15) is 8.42 Å². The quantitative estimate of drug-likeness (QED) is 0.861. The van der Waals surface area contributed by atoms with Crippen LogP contribution in [0.2, 0.25) is 0 Å². The fourth-order valence-corrected chi connectivity index (χ4v) is 2.01. The van der Waals surface area contributed by atoms with Crippen molar-refractivity contribution in [3.63, 3.8) is 0 Å². The second-order valence-electron chi connectivity index (χ2n) is 3.82. The van der Waals surface area contributed by atoms with E-state index < -0.39 is 10.4 Å². The van der Waals surface area contributed by atoms with Crippen LogP contribution >= 0.6 is 0 Å². The SMILES string of the molecule is O=S(=O)(O)Oc1cccc(Cc2ccccc2)c1. The van der Waals surface area contributed by atoms with Crippen LogP contribution in [0, 0.1) is 0 Å². The first-order valence-electron chi connectivity index (χ1n) is 5.33. The van der Waals surface area contributed by atoms with Gasteiger partial charge in [0.25, 0.3) is 0 Å². The molecule has 2 rings (SSSR count). The molecule has 1 N–H and O–H groups in total. The van der Waals surface area contributed by atoms with Gasteiger partial charge in [-0.1, -0.05) is 42.5 Å². The van der Waals surface area contributed by atoms with Crippen molar-refractivity contribution >= 4 is 10.4 Å². The van der Waals surface area contributed by atoms with Gasteiger partial charge in [0.2, 0.25) is 0 Å². The number of benzene rings is 2. The molecule has 0 heterocycles. The van der Waals surface area contributed by atoms with Crippen LogP contribution in [-0.2, 0) is 16.8 Å². The minimum Gasteiger partial charge on any atom is -0.362 e. The summed E-state index contributed by atoms with van der Waals surface area (Å²) in [4.78, 5) is 0. The van der Waals surface area contributed by atoms with E-state index in [1.807, 2.05) is 36.4 Å². The third-order valence-corrected chi connectivity index (χ3v) is 2.75. The zero-order chi connectivity index (χ0) is 13.0. The van der Waals surface area contributed by atoms with Gasteiger partial charge in [0.1, 0.15) is 5.75 Å². The molecule has 0 aliphatic carbocycles. The van der Waals surface area contributed by atoms with E-state index in [1.165, 1.54) is 6.07 Å². The summed E-state index contributed by atoms with van der Waals surface area (Å²) < 4.78 is 34.2. The van der Waals surface area contributed by atoms with Crippen LogP contribution in [0.5, 0.6) is 5.75 Å². The van der Waals surface area contributed by atoms with E-state index in [2.05, 4.69) is 4.18 Å². The summed E-state index contributed by atoms with van der Waals surface area (Å²) in [6.45, 7) is 0. The minimum atomic E-state index is -4.47. The summed E-state index contributed by atoms with van der Waals surface area (Å²) in [6.07, 6.45) is 0.670. The maximum absolute atomic E-state index is 10.6. The highest BCUT2D eigenvalue weighted by Crippen LogP contribution is 2.17. The third kappa shape index (κ3) is 3.87. The van der Waals surface area contributed by atoms with Crippen molar-refractivity contribution in [2.75, 3.05) is 0 Å². The van der Waals surface area contributed by atoms with Gasteiger partial charge in [-0.15, -0.1) is 0 Å². The Kier molecular flexibility index (Phi) is 3.64. The highest BCUT2D eigenvalue weighted by atomic mass is 32.3. The van der Waals surface area contributed by atoms with Gasteiger partial charge in [0.05, 0.1) is 0 Å². The second kappa shape index (κ2) is 5.20. The summed E-state index contributed by atoms with van der Waals surface area (Å²) in [6, 6.07) is 16.4. The molecule has 0 radical (unpaired) electrons. The number of hydrogen-bond acceptors (Lipinski definition) is 3. The van der Waals surface area contributed by atoms with Crippen LogP contribution in [0.3, 0.4) is 0 Å². The van der Waals surface area contributed by atoms with E-state index in [0.717, 1.165) is 11.1 Å². The third-order valence-electron chi connectivity index (χ3n) is 2.35. The molecular formula is C13H12O4S. The molecule has 18 heavy (non-hydrogen) atoms. The zero-order valence-electron chi connectivity index (χ0n) is 9.48. The van der Waals surface area contributed by atoms with Crippen molar-refractivity contribution in [1.82, 2.24) is 0 Å². The first kappa shape index (κ1) is 12.6. The molecule has 0 aromatic heterocycles. The topological polar surface area (TPSA) is 63.6 Å². The molecule has 0 aliphatic rings. The number of hydrogen-bond donors (Lipinski definition) is 1. The molecule has 2 aromatic rings. The van der Waals surface area contributed by atoms with Gasteiger partial charge in [-0.3, -0.25) is 4.55 Å². The Labute approximate surface area is 106 Å². The van der Waals surface area contributed by atoms with Gasteiger partial charge in [-0.2, -0.15) is 8.42 Å². The van der Waals surface area contributed by atoms with Crippen molar-refractivity contribution in [3.05, 3.63) is 65.7 Å². The van der Waals surface area contributed by atoms with Crippen LogP contribution in [0.1, 0.15) is 11.1 Å². The maximum Gasteiger partial charge on any atom is 0.446 e. The Morgan fingerprint density at radius 1 is 0.944 bits per heavy atom. The van der Waals surface area contributed by atoms with Crippen molar-refractivity contribution in [2.45, 2.75) is 6.42 Å². The van der Waals surface area contributed by atoms with Gasteiger partial charge >= 0.3 is 10.4 Å². The van der Waals surface area contributed by atoms with Crippen molar-refractivity contribution in [3.8, 4) is 5.75 Å². The Hall–Kier alpha value is -1.85. The smallest absolute Gasteiger partial charge is 0.362 e. The minimum absolute atomic E-state index is 0.103. The van der Waals surface area contributed by atoms with Gasteiger partial charge in [0.15, 0.2) is 0 Å². The molecule has 0 fully saturated rings. The molecule has 4 nitrogen and oxygen atoms in total. The first-order chi connectivity index (χ1) is 8.53. The van der Waals surface area contributed by atoms with Gasteiger partial charge in [-0.25, -0.2) is 0 Å². The molecule has 0 saturated carbocycles. The molecular weight excluding hydrogens is 252 g/mol. The standard InChI is InChI=1S/C13H12O4S/c14-18(15,16)17-13-8-4-7-12(10-13)9-11-5-2-1-3-6-11/h1-8,10H,9H2,(H,14,15,16). The summed E-state index contributed by atoms with van der Waals surface area (Å²) in [5, 5.41) is 0. The molecule has 5 heteroatoms. The van der Waals surface area contributed by atoms with E-state index in [4.69, 9.17) is 4.55 Å². The molecule has 0 amide bonds. The second-order valence-corrected chi connectivity index (χ2v) is 4.84. The van der Waals surface area contributed by atoms with Crippen molar-refractivity contribution in [1.29, 1.82) is 0 Å². The fourth-order valence-electron chi connectivity index (χ4n) is 1.66. The molecule has 0 saturated heterocycles. The zero-order valence-corrected chi connectivity index (χ0v) is 10.3. The van der Waals surface area contributed by atoms with E-state index in [-0.39, 0.29) is 5.75 Å². The van der Waals surface area contributed by atoms with Crippen LogP contribution in [0.15, 0.2) is 54.6 Å². The molecule has 0 spiro atoms. The molecule has 0 bridgehead atoms. The van der Waals surface area contributed by atoms with E-state index in [1.54, 1.807) is 12.1 Å². The van der Waals surface area contributed by atoms with Crippen LogP contribution < -0.4 is 4.18 Å². The Bertz CT molecular complexity index is 620. The van der Waals surface area contributed by atoms with E-state index >= 15 is 0 Å². The van der Waals surface area contributed by atoms with Crippen LogP contribution in [0.25, 0.3) is 0 Å². The number of rotatable bonds is 4. The first-order valence-corrected chi connectivity index (χ1v) is 6.69. The lowest BCUT2D eigenvalue weighted by atomic mass is 10.1. The van der Waals surface area contributed by atoms with Gasteiger partial charge in [0, 0.05) is 0 Å². The predicted molar refractivity (Wildman–Crippen MR) is 67.9 cm³/mol. The summed E-state index contributed by atoms with van der Waals surface area (Å²) in [7, 11) is -4.47. The molecule has 0 unspecified atom stereocenters. The van der Waals surface area contributed by atoms with Gasteiger partial charge < -0.3 is 4.18 Å². The van der Waals surface area contributed by atoms with Crippen molar-refractivity contribution in [2.24, 2.45) is 0 Å². The molecule has 2 aromatic carbocycles. The lowest BCUT2D eigenvalue weighted by molar-refractivity contribution is 0.386. The molecule has 0 aliphatic heterocycles. The highest BCUT2D eigenvalue weighted by molar-refractivity contribution is 7.81. The van der Waals surface area contributed by atoms with E-state index in [0.29, 0.717) is 6.42 Å². The fraction of sp³-hybridized carbons (Fsp3) is 0.0769. The van der Waals surface area contributed by atoms with Gasteiger partial charge in [-0.05, 0) is 29.7 Å². The van der Waals surface area contributed by atoms with Crippen LogP contribution in [-0.4, -0.2) is 13.0 Å². The average molecular weight is 264 g/mol. The van der Waals surface area contributed by atoms with Crippen LogP contribution in [0.4, 0.5) is 0 Å². The lowest BCUT2D eigenvalue weighted by Gasteiger charge is -2.05. The summed E-state index contributed by atoms with van der Waals surface area (Å²) in [5.41, 5.74) is 2.02. The molecule has 94 valence electrons. The maximum atomic E-state index is 10.6. The Morgan fingerprint density at radius 3 is 2.28 bits per heavy atom.